The van der Waals surface area contributed by atoms with Crippen molar-refractivity contribution in [3.8, 4) is 0 Å². The van der Waals surface area contributed by atoms with Gasteiger partial charge in [-0.15, -0.1) is 0 Å². The Morgan fingerprint density at radius 1 is 0.906 bits per heavy atom. The normalized spacial score (nSPS) is 11.0. The molecule has 3 aromatic carbocycles. The first-order chi connectivity index (χ1) is 15.1. The van der Waals surface area contributed by atoms with Crippen molar-refractivity contribution in [2.45, 2.75) is 4.90 Å². The Bertz CT molecular complexity index is 1260. The lowest BCUT2D eigenvalue weighted by molar-refractivity contribution is 0.0827. The van der Waals surface area contributed by atoms with Crippen LogP contribution in [0.1, 0.15) is 20.7 Å². The number of anilines is 2. The second-order valence-electron chi connectivity index (χ2n) is 6.99. The zero-order chi connectivity index (χ0) is 23.5. The highest BCUT2D eigenvalue weighted by Crippen LogP contribution is 2.23. The molecule has 0 aliphatic heterocycles. The van der Waals surface area contributed by atoms with Crippen LogP contribution in [0.2, 0.25) is 5.02 Å². The molecule has 0 unspecified atom stereocenters. The van der Waals surface area contributed by atoms with E-state index < -0.39 is 21.7 Å². The summed E-state index contributed by atoms with van der Waals surface area (Å²) in [5.74, 6) is -1.30. The standard InChI is InChI=1S/C22H19ClFN3O4S/c1-27(2)22(29)19-13-17(9-12-20(19)23)25-21(28)14-3-7-16(8-4-14)26-32(30,31)18-10-5-15(24)6-11-18/h3-13,26H,1-2H3,(H,25,28). The van der Waals surface area contributed by atoms with Crippen LogP contribution in [0.15, 0.2) is 71.6 Å². The highest BCUT2D eigenvalue weighted by Gasteiger charge is 2.16. The number of halogens is 2. The molecule has 7 nitrogen and oxygen atoms in total. The molecule has 0 atom stereocenters. The summed E-state index contributed by atoms with van der Waals surface area (Å²) >= 11 is 6.08. The molecule has 3 rings (SSSR count). The fraction of sp³-hybridized carbons (Fsp3) is 0.0909. The van der Waals surface area contributed by atoms with E-state index in [0.717, 1.165) is 24.3 Å². The molecule has 2 amide bonds. The maximum absolute atomic E-state index is 13.0. The third kappa shape index (κ3) is 5.43. The minimum absolute atomic E-state index is 0.0912. The Morgan fingerprint density at radius 3 is 2.09 bits per heavy atom. The van der Waals surface area contributed by atoms with E-state index in [0.29, 0.717) is 5.69 Å². The molecule has 0 saturated heterocycles. The van der Waals surface area contributed by atoms with Gasteiger partial charge >= 0.3 is 0 Å². The fourth-order valence-corrected chi connectivity index (χ4v) is 3.99. The number of benzene rings is 3. The molecular weight excluding hydrogens is 457 g/mol. The number of hydrogen-bond acceptors (Lipinski definition) is 4. The summed E-state index contributed by atoms with van der Waals surface area (Å²) in [6, 6.07) is 14.7. The molecule has 0 aliphatic carbocycles. The van der Waals surface area contributed by atoms with Crippen molar-refractivity contribution in [2.24, 2.45) is 0 Å². The summed E-state index contributed by atoms with van der Waals surface area (Å²) in [5.41, 5.74) is 1.13. The average molecular weight is 476 g/mol. The molecule has 0 heterocycles. The Labute approximate surface area is 189 Å². The summed E-state index contributed by atoms with van der Waals surface area (Å²) < 4.78 is 40.1. The molecule has 0 saturated carbocycles. The number of amides is 2. The number of carbonyl (C=O) groups excluding carboxylic acids is 2. The summed E-state index contributed by atoms with van der Waals surface area (Å²) in [5, 5.41) is 2.94. The van der Waals surface area contributed by atoms with Gasteiger partial charge in [0.25, 0.3) is 21.8 Å². The number of rotatable bonds is 6. The third-order valence-electron chi connectivity index (χ3n) is 4.38. The molecule has 2 N–H and O–H groups in total. The zero-order valence-electron chi connectivity index (χ0n) is 17.1. The quantitative estimate of drug-likeness (QED) is 0.557. The van der Waals surface area contributed by atoms with Crippen molar-refractivity contribution < 1.29 is 22.4 Å². The molecule has 0 spiro atoms. The van der Waals surface area contributed by atoms with E-state index in [1.165, 1.54) is 41.3 Å². The summed E-state index contributed by atoms with van der Waals surface area (Å²) in [7, 11) is -0.715. The molecule has 166 valence electrons. The van der Waals surface area contributed by atoms with E-state index in [1.807, 2.05) is 0 Å². The van der Waals surface area contributed by atoms with Crippen molar-refractivity contribution in [1.82, 2.24) is 4.90 Å². The van der Waals surface area contributed by atoms with Crippen molar-refractivity contribution in [1.29, 1.82) is 0 Å². The minimum atomic E-state index is -3.90. The monoisotopic (exact) mass is 475 g/mol. The summed E-state index contributed by atoms with van der Waals surface area (Å²) in [6.07, 6.45) is 0. The van der Waals surface area contributed by atoms with Crippen molar-refractivity contribution >= 4 is 44.8 Å². The molecule has 0 aliphatic rings. The Kier molecular flexibility index (Phi) is 6.81. The fourth-order valence-electron chi connectivity index (χ4n) is 2.73. The van der Waals surface area contributed by atoms with Gasteiger partial charge in [0.15, 0.2) is 0 Å². The second kappa shape index (κ2) is 9.37. The van der Waals surface area contributed by atoms with E-state index in [1.54, 1.807) is 20.2 Å². The number of hydrogen-bond donors (Lipinski definition) is 2. The van der Waals surface area contributed by atoms with Gasteiger partial charge in [-0.1, -0.05) is 11.6 Å². The van der Waals surface area contributed by atoms with Crippen LogP contribution in [0, 0.1) is 5.82 Å². The average Bonchev–Trinajstić information content (AvgIpc) is 2.75. The highest BCUT2D eigenvalue weighted by atomic mass is 35.5. The number of sulfonamides is 1. The van der Waals surface area contributed by atoms with Gasteiger partial charge in [-0.05, 0) is 66.7 Å². The van der Waals surface area contributed by atoms with Crippen LogP contribution in [-0.2, 0) is 10.0 Å². The first-order valence-electron chi connectivity index (χ1n) is 9.28. The van der Waals surface area contributed by atoms with Crippen LogP contribution in [0.3, 0.4) is 0 Å². The second-order valence-corrected chi connectivity index (χ2v) is 9.07. The van der Waals surface area contributed by atoms with Crippen LogP contribution in [0.25, 0.3) is 0 Å². The minimum Gasteiger partial charge on any atom is -0.345 e. The molecular formula is C22H19ClFN3O4S. The van der Waals surface area contributed by atoms with Gasteiger partial charge in [-0.25, -0.2) is 12.8 Å². The number of carbonyl (C=O) groups is 2. The van der Waals surface area contributed by atoms with Crippen molar-refractivity contribution in [3.63, 3.8) is 0 Å². The maximum Gasteiger partial charge on any atom is 0.261 e. The molecule has 0 radical (unpaired) electrons. The van der Waals surface area contributed by atoms with Crippen LogP contribution < -0.4 is 10.0 Å². The maximum atomic E-state index is 13.0. The van der Waals surface area contributed by atoms with Crippen LogP contribution >= 0.6 is 11.6 Å². The molecule has 10 heteroatoms. The highest BCUT2D eigenvalue weighted by molar-refractivity contribution is 7.92. The van der Waals surface area contributed by atoms with E-state index >= 15 is 0 Å². The smallest absolute Gasteiger partial charge is 0.261 e. The van der Waals surface area contributed by atoms with Gasteiger partial charge in [0.05, 0.1) is 15.5 Å². The first kappa shape index (κ1) is 23.2. The molecule has 0 aromatic heterocycles. The molecule has 0 bridgehead atoms. The van der Waals surface area contributed by atoms with Crippen LogP contribution in [0.5, 0.6) is 0 Å². The lowest BCUT2D eigenvalue weighted by Gasteiger charge is -2.13. The van der Waals surface area contributed by atoms with Gasteiger partial charge in [0.1, 0.15) is 5.82 Å². The van der Waals surface area contributed by atoms with Crippen LogP contribution in [0.4, 0.5) is 15.8 Å². The van der Waals surface area contributed by atoms with Gasteiger partial charge in [-0.3, -0.25) is 14.3 Å². The molecule has 0 fully saturated rings. The Balaban J connectivity index is 1.72. The van der Waals surface area contributed by atoms with Gasteiger partial charge in [-0.2, -0.15) is 0 Å². The molecule has 3 aromatic rings. The predicted molar refractivity (Wildman–Crippen MR) is 121 cm³/mol. The topological polar surface area (TPSA) is 95.6 Å². The van der Waals surface area contributed by atoms with E-state index in [-0.39, 0.29) is 32.6 Å². The van der Waals surface area contributed by atoms with Crippen LogP contribution in [-0.4, -0.2) is 39.2 Å². The van der Waals surface area contributed by atoms with E-state index in [2.05, 4.69) is 10.0 Å². The molecule has 32 heavy (non-hydrogen) atoms. The lowest BCUT2D eigenvalue weighted by Crippen LogP contribution is -2.22. The van der Waals surface area contributed by atoms with E-state index in [4.69, 9.17) is 11.6 Å². The van der Waals surface area contributed by atoms with Gasteiger partial charge < -0.3 is 10.2 Å². The SMILES string of the molecule is CN(C)C(=O)c1cc(NC(=O)c2ccc(NS(=O)(=O)c3ccc(F)cc3)cc2)ccc1Cl. The van der Waals surface area contributed by atoms with Crippen molar-refractivity contribution in [3.05, 3.63) is 88.7 Å². The zero-order valence-corrected chi connectivity index (χ0v) is 18.7. The lowest BCUT2D eigenvalue weighted by atomic mass is 10.1. The summed E-state index contributed by atoms with van der Waals surface area (Å²) in [4.78, 5) is 26.0. The van der Waals surface area contributed by atoms with Gasteiger partial charge in [0, 0.05) is 31.0 Å². The van der Waals surface area contributed by atoms with Gasteiger partial charge in [0.2, 0.25) is 0 Å². The largest absolute Gasteiger partial charge is 0.345 e. The predicted octanol–water partition coefficient (Wildman–Crippen LogP) is 4.23. The summed E-state index contributed by atoms with van der Waals surface area (Å²) in [6.45, 7) is 0. The third-order valence-corrected chi connectivity index (χ3v) is 6.11. The Morgan fingerprint density at radius 2 is 1.50 bits per heavy atom. The van der Waals surface area contributed by atoms with Crippen molar-refractivity contribution in [2.75, 3.05) is 24.1 Å². The number of nitrogens with zero attached hydrogens (tertiary/aromatic N) is 1. The number of nitrogens with one attached hydrogen (secondary N) is 2. The first-order valence-corrected chi connectivity index (χ1v) is 11.1. The Hall–Kier alpha value is -3.43. The van der Waals surface area contributed by atoms with E-state index in [9.17, 15) is 22.4 Å².